The lowest BCUT2D eigenvalue weighted by molar-refractivity contribution is 0.143. The number of anilines is 1. The summed E-state index contributed by atoms with van der Waals surface area (Å²) < 4.78 is 11.0. The number of aromatic nitrogens is 2. The molecule has 0 spiro atoms. The number of hydrogen-bond donors (Lipinski definition) is 2. The van der Waals surface area contributed by atoms with Crippen molar-refractivity contribution in [3.05, 3.63) is 29.0 Å². The van der Waals surface area contributed by atoms with Gasteiger partial charge in [-0.05, 0) is 46.3 Å². The Balaban J connectivity index is 1.76. The van der Waals surface area contributed by atoms with Crippen LogP contribution < -0.4 is 16.0 Å². The van der Waals surface area contributed by atoms with Crippen LogP contribution >= 0.6 is 28.1 Å². The van der Waals surface area contributed by atoms with E-state index in [4.69, 9.17) is 27.2 Å². The minimum Gasteiger partial charge on any atom is -0.442 e. The van der Waals surface area contributed by atoms with Gasteiger partial charge in [0.25, 0.3) is 5.89 Å². The van der Waals surface area contributed by atoms with Gasteiger partial charge in [0, 0.05) is 10.2 Å². The van der Waals surface area contributed by atoms with Crippen LogP contribution in [0, 0.1) is 0 Å². The van der Waals surface area contributed by atoms with Gasteiger partial charge in [-0.1, -0.05) is 5.16 Å². The van der Waals surface area contributed by atoms with E-state index in [1.54, 1.807) is 18.2 Å². The molecule has 0 bridgehead atoms. The van der Waals surface area contributed by atoms with Gasteiger partial charge < -0.3 is 20.3 Å². The fourth-order valence-electron chi connectivity index (χ4n) is 2.19. The number of cyclic esters (lactones) is 1. The number of halogens is 1. The van der Waals surface area contributed by atoms with Gasteiger partial charge in [0.2, 0.25) is 0 Å². The Bertz CT molecular complexity index is 739. The van der Waals surface area contributed by atoms with Crippen molar-refractivity contribution in [2.45, 2.75) is 6.10 Å². The molecule has 1 aromatic heterocycles. The van der Waals surface area contributed by atoms with E-state index in [2.05, 4.69) is 31.4 Å². The maximum atomic E-state index is 12.0. The molecule has 1 unspecified atom stereocenters. The van der Waals surface area contributed by atoms with Crippen LogP contribution in [0.25, 0.3) is 11.5 Å². The van der Waals surface area contributed by atoms with Gasteiger partial charge in [0.15, 0.2) is 11.4 Å². The fourth-order valence-corrected chi connectivity index (χ4v) is 2.81. The monoisotopic (exact) mass is 397 g/mol. The van der Waals surface area contributed by atoms with Crippen LogP contribution in [-0.2, 0) is 4.74 Å². The summed E-state index contributed by atoms with van der Waals surface area (Å²) in [5, 5.41) is 6.54. The average Bonchev–Trinajstić information content (AvgIpc) is 3.14. The summed E-state index contributed by atoms with van der Waals surface area (Å²) in [6.07, 6.45) is 0.586. The Labute approximate surface area is 145 Å². The number of amides is 1. The van der Waals surface area contributed by atoms with E-state index in [1.807, 2.05) is 0 Å². The predicted molar refractivity (Wildman–Crippen MR) is 89.8 cm³/mol. The molecule has 8 nitrogen and oxygen atoms in total. The SMILES string of the molecule is NC(=S)NCC1CN(c2ccc(-c3ncno3)c(Br)c2)C(=O)O1. The first-order valence-corrected chi connectivity index (χ1v) is 7.83. The van der Waals surface area contributed by atoms with Gasteiger partial charge in [-0.3, -0.25) is 4.90 Å². The smallest absolute Gasteiger partial charge is 0.414 e. The number of carbonyl (C=O) groups excluding carboxylic acids is 1. The number of rotatable bonds is 4. The number of carbonyl (C=O) groups is 1. The molecule has 1 atom stereocenters. The summed E-state index contributed by atoms with van der Waals surface area (Å²) in [6.45, 7) is 0.777. The minimum absolute atomic E-state index is 0.172. The third-order valence-electron chi connectivity index (χ3n) is 3.23. The summed E-state index contributed by atoms with van der Waals surface area (Å²) >= 11 is 8.19. The van der Waals surface area contributed by atoms with E-state index >= 15 is 0 Å². The van der Waals surface area contributed by atoms with E-state index in [0.29, 0.717) is 24.7 Å². The first kappa shape index (κ1) is 15.7. The Morgan fingerprint density at radius 2 is 2.39 bits per heavy atom. The summed E-state index contributed by atoms with van der Waals surface area (Å²) in [6, 6.07) is 5.37. The molecule has 120 valence electrons. The van der Waals surface area contributed by atoms with Gasteiger partial charge in [0.05, 0.1) is 18.7 Å². The van der Waals surface area contributed by atoms with Gasteiger partial charge in [-0.2, -0.15) is 4.98 Å². The quantitative estimate of drug-likeness (QED) is 0.749. The molecule has 2 aromatic rings. The van der Waals surface area contributed by atoms with E-state index < -0.39 is 6.09 Å². The van der Waals surface area contributed by atoms with Crippen molar-refractivity contribution in [1.29, 1.82) is 0 Å². The van der Waals surface area contributed by atoms with Crippen molar-refractivity contribution < 1.29 is 14.1 Å². The Hall–Kier alpha value is -2.20. The van der Waals surface area contributed by atoms with Crippen LogP contribution in [0.15, 0.2) is 33.5 Å². The van der Waals surface area contributed by atoms with E-state index in [9.17, 15) is 4.79 Å². The van der Waals surface area contributed by atoms with Crippen molar-refractivity contribution in [2.75, 3.05) is 18.0 Å². The molecule has 1 saturated heterocycles. The van der Waals surface area contributed by atoms with E-state index in [1.165, 1.54) is 11.2 Å². The van der Waals surface area contributed by atoms with Crippen LogP contribution in [-0.4, -0.2) is 40.5 Å². The third kappa shape index (κ3) is 3.42. The summed E-state index contributed by atoms with van der Waals surface area (Å²) in [7, 11) is 0. The average molecular weight is 398 g/mol. The number of nitrogens with two attached hydrogens (primary N) is 1. The van der Waals surface area contributed by atoms with Crippen LogP contribution in [0.5, 0.6) is 0 Å². The molecule has 23 heavy (non-hydrogen) atoms. The third-order valence-corrected chi connectivity index (χ3v) is 4.03. The molecule has 3 N–H and O–H groups in total. The van der Waals surface area contributed by atoms with Gasteiger partial charge in [-0.15, -0.1) is 0 Å². The van der Waals surface area contributed by atoms with Crippen molar-refractivity contribution in [2.24, 2.45) is 5.73 Å². The van der Waals surface area contributed by atoms with Crippen LogP contribution in [0.4, 0.5) is 10.5 Å². The Morgan fingerprint density at radius 1 is 1.57 bits per heavy atom. The standard InChI is InChI=1S/C13H12BrN5O3S/c14-10-3-7(1-2-9(10)11-17-6-18-22-11)19-5-8(21-13(19)20)4-16-12(15)23/h1-3,6,8H,4-5H2,(H3,15,16,23). The number of hydrogen-bond acceptors (Lipinski definition) is 6. The number of ether oxygens (including phenoxy) is 1. The highest BCUT2D eigenvalue weighted by Gasteiger charge is 2.32. The first-order valence-electron chi connectivity index (χ1n) is 6.62. The van der Waals surface area contributed by atoms with Crippen LogP contribution in [0.3, 0.4) is 0 Å². The summed E-state index contributed by atoms with van der Waals surface area (Å²) in [5.74, 6) is 0.394. The molecule has 10 heteroatoms. The molecular formula is C13H12BrN5O3S. The molecule has 1 aliphatic rings. The highest BCUT2D eigenvalue weighted by molar-refractivity contribution is 9.10. The number of benzene rings is 1. The van der Waals surface area contributed by atoms with Crippen LogP contribution in [0.1, 0.15) is 0 Å². The minimum atomic E-state index is -0.419. The fraction of sp³-hybridized carbons (Fsp3) is 0.231. The maximum Gasteiger partial charge on any atom is 0.414 e. The highest BCUT2D eigenvalue weighted by Crippen LogP contribution is 2.32. The maximum absolute atomic E-state index is 12.0. The second-order valence-electron chi connectivity index (χ2n) is 4.77. The van der Waals surface area contributed by atoms with Gasteiger partial charge in [-0.25, -0.2) is 4.79 Å². The van der Waals surface area contributed by atoms with Crippen molar-refractivity contribution in [3.63, 3.8) is 0 Å². The Morgan fingerprint density at radius 3 is 3.04 bits per heavy atom. The zero-order valence-corrected chi connectivity index (χ0v) is 14.1. The molecular weight excluding hydrogens is 386 g/mol. The van der Waals surface area contributed by atoms with E-state index in [0.717, 1.165) is 10.0 Å². The molecule has 3 rings (SSSR count). The topological polar surface area (TPSA) is 107 Å². The molecule has 0 aliphatic carbocycles. The van der Waals surface area contributed by atoms with Crippen molar-refractivity contribution in [1.82, 2.24) is 15.5 Å². The zero-order chi connectivity index (χ0) is 16.4. The number of nitrogens with zero attached hydrogens (tertiary/aromatic N) is 3. The van der Waals surface area contributed by atoms with E-state index in [-0.39, 0.29) is 11.2 Å². The lowest BCUT2D eigenvalue weighted by Crippen LogP contribution is -2.37. The van der Waals surface area contributed by atoms with Gasteiger partial charge in [0.1, 0.15) is 6.10 Å². The molecule has 1 aromatic carbocycles. The zero-order valence-electron chi connectivity index (χ0n) is 11.7. The largest absolute Gasteiger partial charge is 0.442 e. The molecule has 1 amide bonds. The highest BCUT2D eigenvalue weighted by atomic mass is 79.9. The normalized spacial score (nSPS) is 17.2. The first-order chi connectivity index (χ1) is 11.0. The van der Waals surface area contributed by atoms with Crippen molar-refractivity contribution >= 4 is 45.0 Å². The summed E-state index contributed by atoms with van der Waals surface area (Å²) in [4.78, 5) is 17.5. The second kappa shape index (κ2) is 6.50. The molecule has 2 heterocycles. The molecule has 1 fully saturated rings. The summed E-state index contributed by atoms with van der Waals surface area (Å²) in [5.41, 5.74) is 6.81. The lowest BCUT2D eigenvalue weighted by atomic mass is 10.2. The van der Waals surface area contributed by atoms with Crippen molar-refractivity contribution in [3.8, 4) is 11.5 Å². The van der Waals surface area contributed by atoms with Gasteiger partial charge >= 0.3 is 6.09 Å². The van der Waals surface area contributed by atoms with Crippen LogP contribution in [0.2, 0.25) is 0 Å². The second-order valence-corrected chi connectivity index (χ2v) is 6.07. The number of thiocarbonyl (C=S) groups is 1. The predicted octanol–water partition coefficient (Wildman–Crippen LogP) is 1.66. The Kier molecular flexibility index (Phi) is 4.44. The lowest BCUT2D eigenvalue weighted by Gasteiger charge is -2.14. The molecule has 0 saturated carbocycles. The molecule has 1 aliphatic heterocycles. The molecule has 0 radical (unpaired) electrons. The number of nitrogens with one attached hydrogen (secondary N) is 1.